The number of rotatable bonds is 9. The molecule has 4 rings (SSSR count). The van der Waals surface area contributed by atoms with Crippen molar-refractivity contribution in [2.24, 2.45) is 0 Å². The van der Waals surface area contributed by atoms with Crippen LogP contribution in [0.1, 0.15) is 44.7 Å². The Kier molecular flexibility index (Phi) is 9.01. The number of benzene rings is 3. The molecule has 1 aliphatic heterocycles. The van der Waals surface area contributed by atoms with Crippen molar-refractivity contribution < 1.29 is 22.7 Å². The van der Waals surface area contributed by atoms with Gasteiger partial charge in [-0.05, 0) is 75.0 Å². The van der Waals surface area contributed by atoms with Gasteiger partial charge in [0.25, 0.3) is 0 Å². The number of hydrogen-bond acceptors (Lipinski definition) is 4. The van der Waals surface area contributed by atoms with Gasteiger partial charge < -0.3 is 9.64 Å². The van der Waals surface area contributed by atoms with Gasteiger partial charge in [-0.3, -0.25) is 9.69 Å². The normalized spacial score (nSPS) is 16.2. The van der Waals surface area contributed by atoms with E-state index in [4.69, 9.17) is 4.74 Å². The van der Waals surface area contributed by atoms with Crippen molar-refractivity contribution in [2.45, 2.75) is 51.3 Å². The highest BCUT2D eigenvalue weighted by atomic mass is 19.4. The number of alkyl halides is 3. The number of esters is 1. The molecule has 0 aliphatic carbocycles. The van der Waals surface area contributed by atoms with Crippen LogP contribution in [-0.2, 0) is 21.1 Å². The summed E-state index contributed by atoms with van der Waals surface area (Å²) in [5, 5.41) is 0. The average Bonchev–Trinajstić information content (AvgIpc) is 2.93. The lowest BCUT2D eigenvalue weighted by Gasteiger charge is -2.37. The third-order valence-electron chi connectivity index (χ3n) is 7.48. The highest BCUT2D eigenvalue weighted by Gasteiger charge is 2.37. The van der Waals surface area contributed by atoms with Crippen molar-refractivity contribution in [2.75, 3.05) is 37.6 Å². The van der Waals surface area contributed by atoms with Crippen LogP contribution in [0.25, 0.3) is 11.1 Å². The molecule has 39 heavy (non-hydrogen) atoms. The number of carbonyl (C=O) groups is 1. The second-order valence-corrected chi connectivity index (χ2v) is 10.7. The molecule has 1 saturated heterocycles. The lowest BCUT2D eigenvalue weighted by atomic mass is 9.78. The standard InChI is InChI=1S/C32H37F3N2O2/c1-24(2)39-30(38)31(3,26-12-5-4-6-13-26)17-10-18-36-19-21-37(22-20-36)27-14-9-11-25(23-27)28-15-7-8-16-29(28)32(33,34)35/h4-9,11-16,23-24H,10,17-22H2,1-3H3. The molecule has 0 amide bonds. The summed E-state index contributed by atoms with van der Waals surface area (Å²) >= 11 is 0. The van der Waals surface area contributed by atoms with Crippen molar-refractivity contribution in [1.82, 2.24) is 4.90 Å². The van der Waals surface area contributed by atoms with Crippen molar-refractivity contribution in [3.63, 3.8) is 0 Å². The Morgan fingerprint density at radius 2 is 1.56 bits per heavy atom. The van der Waals surface area contributed by atoms with Gasteiger partial charge in [0.05, 0.1) is 17.1 Å². The molecule has 4 nitrogen and oxygen atoms in total. The summed E-state index contributed by atoms with van der Waals surface area (Å²) < 4.78 is 46.3. The number of ether oxygens (including phenoxy) is 1. The largest absolute Gasteiger partial charge is 0.462 e. The predicted molar refractivity (Wildman–Crippen MR) is 150 cm³/mol. The Bertz CT molecular complexity index is 1240. The van der Waals surface area contributed by atoms with Crippen LogP contribution in [-0.4, -0.2) is 49.7 Å². The Morgan fingerprint density at radius 1 is 0.897 bits per heavy atom. The first-order valence-corrected chi connectivity index (χ1v) is 13.6. The van der Waals surface area contributed by atoms with Gasteiger partial charge in [-0.2, -0.15) is 13.2 Å². The zero-order valence-electron chi connectivity index (χ0n) is 22.9. The number of piperazine rings is 1. The molecular formula is C32H37F3N2O2. The van der Waals surface area contributed by atoms with Crippen LogP contribution < -0.4 is 4.90 Å². The first-order valence-electron chi connectivity index (χ1n) is 13.6. The van der Waals surface area contributed by atoms with Crippen LogP contribution in [0.5, 0.6) is 0 Å². The van der Waals surface area contributed by atoms with Gasteiger partial charge in [0.15, 0.2) is 0 Å². The van der Waals surface area contributed by atoms with Gasteiger partial charge >= 0.3 is 12.1 Å². The van der Waals surface area contributed by atoms with Crippen molar-refractivity contribution >= 4 is 11.7 Å². The summed E-state index contributed by atoms with van der Waals surface area (Å²) in [6.45, 7) is 9.84. The highest BCUT2D eigenvalue weighted by molar-refractivity contribution is 5.82. The maximum atomic E-state index is 13.6. The van der Waals surface area contributed by atoms with Gasteiger partial charge in [0, 0.05) is 31.9 Å². The van der Waals surface area contributed by atoms with Crippen LogP contribution >= 0.6 is 0 Å². The molecule has 0 radical (unpaired) electrons. The lowest BCUT2D eigenvalue weighted by Crippen LogP contribution is -2.47. The number of halogens is 3. The van der Waals surface area contributed by atoms with E-state index in [2.05, 4.69) is 9.80 Å². The summed E-state index contributed by atoms with van der Waals surface area (Å²) in [5.41, 5.74) is 1.33. The summed E-state index contributed by atoms with van der Waals surface area (Å²) in [6.07, 6.45) is -3.04. The van der Waals surface area contributed by atoms with Gasteiger partial charge in [0.2, 0.25) is 0 Å². The summed E-state index contributed by atoms with van der Waals surface area (Å²) in [4.78, 5) is 17.7. The molecule has 1 atom stereocenters. The monoisotopic (exact) mass is 538 g/mol. The summed E-state index contributed by atoms with van der Waals surface area (Å²) in [7, 11) is 0. The minimum Gasteiger partial charge on any atom is -0.462 e. The van der Waals surface area contributed by atoms with Crippen LogP contribution in [0.2, 0.25) is 0 Å². The Morgan fingerprint density at radius 3 is 2.23 bits per heavy atom. The van der Waals surface area contributed by atoms with E-state index in [0.717, 1.165) is 56.5 Å². The zero-order valence-corrected chi connectivity index (χ0v) is 22.9. The van der Waals surface area contributed by atoms with E-state index in [-0.39, 0.29) is 17.6 Å². The number of hydrogen-bond donors (Lipinski definition) is 0. The smallest absolute Gasteiger partial charge is 0.417 e. The molecule has 1 unspecified atom stereocenters. The molecule has 1 heterocycles. The van der Waals surface area contributed by atoms with Gasteiger partial charge in [-0.25, -0.2) is 0 Å². The fourth-order valence-electron chi connectivity index (χ4n) is 5.25. The van der Waals surface area contributed by atoms with Crippen LogP contribution in [0.15, 0.2) is 78.9 Å². The van der Waals surface area contributed by atoms with Crippen LogP contribution in [0.4, 0.5) is 18.9 Å². The number of carbonyl (C=O) groups excluding carboxylic acids is 1. The molecule has 0 saturated carbocycles. The Hall–Kier alpha value is -3.32. The first kappa shape index (κ1) is 28.7. The van der Waals surface area contributed by atoms with Gasteiger partial charge in [0.1, 0.15) is 0 Å². The topological polar surface area (TPSA) is 32.8 Å². The molecule has 208 valence electrons. The van der Waals surface area contributed by atoms with E-state index in [1.54, 1.807) is 12.1 Å². The fourth-order valence-corrected chi connectivity index (χ4v) is 5.25. The summed E-state index contributed by atoms with van der Waals surface area (Å²) in [5.74, 6) is -0.194. The molecule has 0 spiro atoms. The Labute approximate surface area is 229 Å². The Balaban J connectivity index is 1.36. The zero-order chi connectivity index (χ0) is 28.0. The molecule has 0 bridgehead atoms. The van der Waals surface area contributed by atoms with Crippen molar-refractivity contribution in [3.05, 3.63) is 90.0 Å². The minimum atomic E-state index is -4.40. The predicted octanol–water partition coefficient (Wildman–Crippen LogP) is 7.18. The molecule has 0 N–H and O–H groups in total. The fraction of sp³-hybridized carbons (Fsp3) is 0.406. The third-order valence-corrected chi connectivity index (χ3v) is 7.48. The molecule has 7 heteroatoms. The third kappa shape index (κ3) is 7.01. The van der Waals surface area contributed by atoms with Gasteiger partial charge in [-0.1, -0.05) is 60.7 Å². The average molecular weight is 539 g/mol. The van der Waals surface area contributed by atoms with Gasteiger partial charge in [-0.15, -0.1) is 0 Å². The first-order chi connectivity index (χ1) is 18.6. The molecular weight excluding hydrogens is 501 g/mol. The number of nitrogens with zero attached hydrogens (tertiary/aromatic N) is 2. The molecule has 3 aromatic rings. The van der Waals surface area contributed by atoms with Crippen molar-refractivity contribution in [3.8, 4) is 11.1 Å². The molecule has 1 fully saturated rings. The van der Waals surface area contributed by atoms with E-state index in [1.165, 1.54) is 12.1 Å². The summed E-state index contributed by atoms with van der Waals surface area (Å²) in [6, 6.07) is 22.9. The van der Waals surface area contributed by atoms with E-state index in [0.29, 0.717) is 12.0 Å². The SMILES string of the molecule is CC(C)OC(=O)C(C)(CCCN1CCN(c2cccc(-c3ccccc3C(F)(F)F)c2)CC1)c1ccccc1. The molecule has 1 aliphatic rings. The highest BCUT2D eigenvalue weighted by Crippen LogP contribution is 2.38. The van der Waals surface area contributed by atoms with Crippen LogP contribution in [0.3, 0.4) is 0 Å². The number of anilines is 1. The van der Waals surface area contributed by atoms with E-state index >= 15 is 0 Å². The van der Waals surface area contributed by atoms with E-state index in [9.17, 15) is 18.0 Å². The van der Waals surface area contributed by atoms with E-state index in [1.807, 2.05) is 69.3 Å². The second-order valence-electron chi connectivity index (χ2n) is 10.7. The maximum absolute atomic E-state index is 13.6. The van der Waals surface area contributed by atoms with Crippen molar-refractivity contribution in [1.29, 1.82) is 0 Å². The maximum Gasteiger partial charge on any atom is 0.417 e. The molecule has 3 aromatic carbocycles. The lowest BCUT2D eigenvalue weighted by molar-refractivity contribution is -0.154. The second kappa shape index (κ2) is 12.2. The quantitative estimate of drug-likeness (QED) is 0.270. The van der Waals surface area contributed by atoms with E-state index < -0.39 is 17.2 Å². The minimum absolute atomic E-state index is 0.172. The van der Waals surface area contributed by atoms with Crippen LogP contribution in [0, 0.1) is 0 Å². The molecule has 0 aromatic heterocycles.